The van der Waals surface area contributed by atoms with Crippen molar-refractivity contribution >= 4 is 16.6 Å². The molecule has 3 rings (SSSR count). The highest BCUT2D eigenvalue weighted by Gasteiger charge is 2.57. The molecule has 6 heteroatoms. The molecule has 0 N–H and O–H groups in total. The van der Waals surface area contributed by atoms with Crippen molar-refractivity contribution in [2.24, 2.45) is 17.3 Å². The maximum Gasteiger partial charge on any atom is 0.204 e. The Morgan fingerprint density at radius 2 is 1.50 bits per heavy atom. The van der Waals surface area contributed by atoms with Gasteiger partial charge in [-0.15, -0.1) is 0 Å². The summed E-state index contributed by atoms with van der Waals surface area (Å²) in [5.74, 6) is 0.919. The smallest absolute Gasteiger partial charge is 0.204 e. The lowest BCUT2D eigenvalue weighted by molar-refractivity contribution is -0.198. The summed E-state index contributed by atoms with van der Waals surface area (Å²) < 4.78 is 28.1. The van der Waals surface area contributed by atoms with E-state index in [1.807, 2.05) is 0 Å². The molecule has 0 bridgehead atoms. The highest BCUT2D eigenvalue weighted by molar-refractivity contribution is 6.74. The molecule has 1 heterocycles. The molecule has 4 nitrogen and oxygen atoms in total. The average Bonchev–Trinajstić information content (AvgIpc) is 3.10. The summed E-state index contributed by atoms with van der Waals surface area (Å²) in [5.41, 5.74) is 5.65. The van der Waals surface area contributed by atoms with E-state index in [0.717, 1.165) is 44.3 Å². The van der Waals surface area contributed by atoms with Crippen molar-refractivity contribution in [1.82, 2.24) is 0 Å². The predicted octanol–water partition coefficient (Wildman–Crippen LogP) is 12.3. The fraction of sp³-hybridized carbons (Fsp3) is 0.800. The van der Waals surface area contributed by atoms with Crippen molar-refractivity contribution in [2.45, 2.75) is 183 Å². The normalized spacial score (nSPS) is 33.9. The van der Waals surface area contributed by atoms with Crippen LogP contribution >= 0.6 is 0 Å². The molecule has 0 saturated carbocycles. The van der Waals surface area contributed by atoms with Crippen LogP contribution in [0.5, 0.6) is 0 Å². The first-order valence-corrected chi connectivity index (χ1v) is 24.1. The van der Waals surface area contributed by atoms with Crippen LogP contribution in [0.3, 0.4) is 0 Å². The highest BCUT2D eigenvalue weighted by atomic mass is 28.4. The van der Waals surface area contributed by atoms with E-state index in [-0.39, 0.29) is 28.6 Å². The molecule has 0 amide bonds. The quantitative estimate of drug-likeness (QED) is 0.199. The lowest BCUT2D eigenvalue weighted by Crippen LogP contribution is -2.50. The van der Waals surface area contributed by atoms with Crippen LogP contribution < -0.4 is 0 Å². The van der Waals surface area contributed by atoms with Gasteiger partial charge in [0.1, 0.15) is 11.9 Å². The molecule has 2 aliphatic carbocycles. The molecule has 264 valence electrons. The van der Waals surface area contributed by atoms with Gasteiger partial charge in [0.2, 0.25) is 5.79 Å². The van der Waals surface area contributed by atoms with Crippen LogP contribution in [0.15, 0.2) is 46.3 Å². The number of ether oxygens (including phenoxy) is 2. The number of fused-ring (bicyclic) bond motifs is 2. The van der Waals surface area contributed by atoms with E-state index >= 15 is 0 Å². The summed E-state index contributed by atoms with van der Waals surface area (Å²) in [5, 5.41) is 0.0928. The van der Waals surface area contributed by atoms with Crippen molar-refractivity contribution in [3.63, 3.8) is 0 Å². The summed E-state index contributed by atoms with van der Waals surface area (Å²) in [6, 6.07) is 3.53. The maximum atomic E-state index is 7.52. The van der Waals surface area contributed by atoms with E-state index in [1.54, 1.807) is 0 Å². The van der Waals surface area contributed by atoms with Crippen molar-refractivity contribution in [3.8, 4) is 0 Å². The molecule has 5 atom stereocenters. The van der Waals surface area contributed by atoms with Crippen molar-refractivity contribution in [2.75, 3.05) is 6.61 Å². The molecule has 0 saturated heterocycles. The summed E-state index contributed by atoms with van der Waals surface area (Å²) in [6.07, 6.45) is 13.9. The molecule has 1 aliphatic heterocycles. The van der Waals surface area contributed by atoms with Gasteiger partial charge in [-0.3, -0.25) is 0 Å². The molecule has 46 heavy (non-hydrogen) atoms. The minimum atomic E-state index is -2.15. The van der Waals surface area contributed by atoms with Crippen molar-refractivity contribution in [1.29, 1.82) is 0 Å². The Labute approximate surface area is 287 Å². The van der Waals surface area contributed by atoms with Gasteiger partial charge < -0.3 is 18.3 Å². The van der Waals surface area contributed by atoms with E-state index in [0.29, 0.717) is 12.5 Å². The zero-order valence-electron chi connectivity index (χ0n) is 32.7. The average molecular weight is 673 g/mol. The Hall–Kier alpha value is -0.926. The summed E-state index contributed by atoms with van der Waals surface area (Å²) in [7, 11) is -3.93. The Morgan fingerprint density at radius 1 is 0.891 bits per heavy atom. The fourth-order valence-electron chi connectivity index (χ4n) is 7.49. The van der Waals surface area contributed by atoms with Crippen LogP contribution in [0, 0.1) is 17.3 Å². The zero-order valence-corrected chi connectivity index (χ0v) is 34.7. The molecule has 0 aromatic rings. The zero-order chi connectivity index (χ0) is 34.7. The standard InChI is InChI=1S/C40H72O4Si2/c1-16-46(17-2,18-3)43-34-25-22-29(4)20-19-21-30(5)26-27-40(13)33(24-23-31(34)6)35-32(7)28-41-39(11,12)42-36(35)37(40)44-45(14,15)38(8,9)10/h20,23,26,32-34,37H,16-19,21-22,24-25,27-28H2,1-15H3/b29-20+,30-26+,31-23+/t32-,33+,34-,37?,40-/m0/s1. The first-order valence-electron chi connectivity index (χ1n) is 18.6. The topological polar surface area (TPSA) is 36.9 Å². The van der Waals surface area contributed by atoms with E-state index in [2.05, 4.69) is 121 Å². The molecule has 1 unspecified atom stereocenters. The predicted molar refractivity (Wildman–Crippen MR) is 202 cm³/mol. The third-order valence-electron chi connectivity index (χ3n) is 12.3. The fourth-order valence-corrected chi connectivity index (χ4v) is 11.7. The van der Waals surface area contributed by atoms with Crippen LogP contribution in [0.1, 0.15) is 129 Å². The monoisotopic (exact) mass is 672 g/mol. The first kappa shape index (κ1) is 39.5. The van der Waals surface area contributed by atoms with E-state index < -0.39 is 22.4 Å². The number of rotatable bonds is 7. The highest BCUT2D eigenvalue weighted by Crippen LogP contribution is 2.58. The van der Waals surface area contributed by atoms with Crippen LogP contribution in [-0.2, 0) is 18.3 Å². The largest absolute Gasteiger partial charge is 0.465 e. The first-order chi connectivity index (χ1) is 21.2. The molecule has 0 fully saturated rings. The van der Waals surface area contributed by atoms with Gasteiger partial charge in [-0.05, 0) is 113 Å². The number of hydrogen-bond acceptors (Lipinski definition) is 4. The Morgan fingerprint density at radius 3 is 2.09 bits per heavy atom. The van der Waals surface area contributed by atoms with Crippen LogP contribution in [-0.4, -0.2) is 41.2 Å². The summed E-state index contributed by atoms with van der Waals surface area (Å²) >= 11 is 0. The second-order valence-corrected chi connectivity index (χ2v) is 26.7. The van der Waals surface area contributed by atoms with Crippen LogP contribution in [0.2, 0.25) is 36.3 Å². The second kappa shape index (κ2) is 15.3. The van der Waals surface area contributed by atoms with E-state index in [9.17, 15) is 0 Å². The van der Waals surface area contributed by atoms with Crippen molar-refractivity contribution in [3.05, 3.63) is 46.3 Å². The Kier molecular flexibility index (Phi) is 13.2. The Balaban J connectivity index is 2.22. The second-order valence-electron chi connectivity index (χ2n) is 17.3. The summed E-state index contributed by atoms with van der Waals surface area (Å²) in [6.45, 7) is 35.5. The van der Waals surface area contributed by atoms with Gasteiger partial charge in [-0.25, -0.2) is 0 Å². The molecule has 0 aromatic carbocycles. The van der Waals surface area contributed by atoms with E-state index in [1.165, 1.54) is 40.4 Å². The SMILES string of the molecule is CC[Si](CC)(CC)O[C@H]1CC/C(C)=C/CC/C(C)=C/C[C@]2(C)C(O[Si](C)(C)C(C)(C)C)C3=C([C@H]2C/C=C/1C)[C@@H](C)COC(C)(C)O3. The van der Waals surface area contributed by atoms with Gasteiger partial charge in [0.15, 0.2) is 16.6 Å². The third-order valence-corrected chi connectivity index (χ3v) is 21.4. The molecular weight excluding hydrogens is 601 g/mol. The number of allylic oxidation sites excluding steroid dienone is 5. The molecule has 0 aromatic heterocycles. The van der Waals surface area contributed by atoms with Gasteiger partial charge >= 0.3 is 0 Å². The van der Waals surface area contributed by atoms with Gasteiger partial charge in [0, 0.05) is 25.2 Å². The Bertz CT molecular complexity index is 1160. The minimum absolute atomic E-state index is 0.0928. The third kappa shape index (κ3) is 8.99. The van der Waals surface area contributed by atoms with Gasteiger partial charge in [0.25, 0.3) is 0 Å². The molecule has 3 aliphatic rings. The van der Waals surface area contributed by atoms with Gasteiger partial charge in [0.05, 0.1) is 12.7 Å². The van der Waals surface area contributed by atoms with Gasteiger partial charge in [-0.1, -0.05) is 84.8 Å². The molecule has 0 radical (unpaired) electrons. The van der Waals surface area contributed by atoms with Crippen LogP contribution in [0.4, 0.5) is 0 Å². The molecule has 0 spiro atoms. The lowest BCUT2D eigenvalue weighted by Gasteiger charge is -2.46. The van der Waals surface area contributed by atoms with Gasteiger partial charge in [-0.2, -0.15) is 0 Å². The van der Waals surface area contributed by atoms with E-state index in [4.69, 9.17) is 18.3 Å². The van der Waals surface area contributed by atoms with Crippen molar-refractivity contribution < 1.29 is 18.3 Å². The maximum absolute atomic E-state index is 7.52. The molecular formula is C40H72O4Si2. The minimum Gasteiger partial charge on any atom is -0.465 e. The lowest BCUT2D eigenvalue weighted by atomic mass is 9.69. The number of hydrogen-bond donors (Lipinski definition) is 0. The summed E-state index contributed by atoms with van der Waals surface area (Å²) in [4.78, 5) is 0. The van der Waals surface area contributed by atoms with Crippen LogP contribution in [0.25, 0.3) is 0 Å².